The SMILES string of the molecule is C1=CCCC(c2ccc(N(c3ccc(-c4ccccc4)cc3)c3ccc(-c4ccc(-c5ccc(N(c6ccc(-c7ccccc7)cc6)c6ccc(-c7ccccc7)cc6)cc5)cc4)cc3)cc2)=C1. The monoisotopic (exact) mass is 870 g/mol. The summed E-state index contributed by atoms with van der Waals surface area (Å²) < 4.78 is 0. The molecule has 68 heavy (non-hydrogen) atoms. The van der Waals surface area contributed by atoms with E-state index in [0.717, 1.165) is 47.0 Å². The van der Waals surface area contributed by atoms with Gasteiger partial charge in [-0.15, -0.1) is 0 Å². The molecule has 0 radical (unpaired) electrons. The molecule has 0 amide bonds. The predicted molar refractivity (Wildman–Crippen MR) is 289 cm³/mol. The molecule has 10 aromatic carbocycles. The summed E-state index contributed by atoms with van der Waals surface area (Å²) in [6, 6.07) is 94.2. The Hall–Kier alpha value is -8.72. The Labute approximate surface area is 400 Å². The lowest BCUT2D eigenvalue weighted by atomic mass is 9.97. The summed E-state index contributed by atoms with van der Waals surface area (Å²) in [6.45, 7) is 0. The number of hydrogen-bond acceptors (Lipinski definition) is 2. The Morgan fingerprint density at radius 2 is 0.441 bits per heavy atom. The van der Waals surface area contributed by atoms with E-state index in [0.29, 0.717) is 0 Å². The van der Waals surface area contributed by atoms with E-state index in [4.69, 9.17) is 0 Å². The third kappa shape index (κ3) is 9.09. The van der Waals surface area contributed by atoms with Gasteiger partial charge in [0.2, 0.25) is 0 Å². The van der Waals surface area contributed by atoms with E-state index in [1.165, 1.54) is 66.8 Å². The van der Waals surface area contributed by atoms with Crippen molar-refractivity contribution in [2.45, 2.75) is 12.8 Å². The van der Waals surface area contributed by atoms with Crippen molar-refractivity contribution in [3.63, 3.8) is 0 Å². The van der Waals surface area contributed by atoms with Crippen LogP contribution in [0.4, 0.5) is 34.1 Å². The minimum atomic E-state index is 1.07. The van der Waals surface area contributed by atoms with E-state index in [1.54, 1.807) is 0 Å². The Balaban J connectivity index is 0.850. The van der Waals surface area contributed by atoms with Gasteiger partial charge in [0.1, 0.15) is 0 Å². The van der Waals surface area contributed by atoms with Gasteiger partial charge in [0, 0.05) is 34.1 Å². The minimum absolute atomic E-state index is 1.07. The molecule has 0 fully saturated rings. The van der Waals surface area contributed by atoms with E-state index >= 15 is 0 Å². The van der Waals surface area contributed by atoms with E-state index in [9.17, 15) is 0 Å². The topological polar surface area (TPSA) is 6.48 Å². The van der Waals surface area contributed by atoms with Crippen molar-refractivity contribution in [3.05, 3.63) is 285 Å². The molecule has 11 rings (SSSR count). The van der Waals surface area contributed by atoms with Crippen LogP contribution >= 0.6 is 0 Å². The van der Waals surface area contributed by atoms with Crippen LogP contribution in [0.1, 0.15) is 18.4 Å². The molecule has 0 atom stereocenters. The zero-order chi connectivity index (χ0) is 45.5. The average molecular weight is 871 g/mol. The Kier molecular flexibility index (Phi) is 12.0. The molecule has 1 aliphatic rings. The maximum Gasteiger partial charge on any atom is 0.0462 e. The Bertz CT molecular complexity index is 3200. The average Bonchev–Trinajstić information content (AvgIpc) is 3.43. The Morgan fingerprint density at radius 3 is 0.676 bits per heavy atom. The molecule has 10 aromatic rings. The van der Waals surface area contributed by atoms with Crippen molar-refractivity contribution < 1.29 is 0 Å². The molecule has 2 nitrogen and oxygen atoms in total. The first-order valence-corrected chi connectivity index (χ1v) is 23.5. The third-order valence-electron chi connectivity index (χ3n) is 13.0. The van der Waals surface area contributed by atoms with E-state index < -0.39 is 0 Å². The fourth-order valence-corrected chi connectivity index (χ4v) is 9.32. The summed E-state index contributed by atoms with van der Waals surface area (Å²) in [7, 11) is 0. The molecular formula is C66H50N2. The van der Waals surface area contributed by atoms with Crippen molar-refractivity contribution in [2.75, 3.05) is 9.80 Å². The zero-order valence-electron chi connectivity index (χ0n) is 37.9. The first-order valence-electron chi connectivity index (χ1n) is 23.5. The predicted octanol–water partition coefficient (Wildman–Crippen LogP) is 18.7. The van der Waals surface area contributed by atoms with Gasteiger partial charge in [-0.1, -0.05) is 206 Å². The lowest BCUT2D eigenvalue weighted by molar-refractivity contribution is 1.05. The summed E-state index contributed by atoms with van der Waals surface area (Å²) in [5, 5.41) is 0. The summed E-state index contributed by atoms with van der Waals surface area (Å²) in [6.07, 6.45) is 8.82. The van der Waals surface area contributed by atoms with Crippen molar-refractivity contribution in [1.29, 1.82) is 0 Å². The number of rotatable bonds is 12. The van der Waals surface area contributed by atoms with Crippen LogP contribution in [0.2, 0.25) is 0 Å². The molecule has 0 aromatic heterocycles. The highest BCUT2D eigenvalue weighted by molar-refractivity contribution is 5.84. The third-order valence-corrected chi connectivity index (χ3v) is 13.0. The fraction of sp³-hybridized carbons (Fsp3) is 0.0303. The zero-order valence-corrected chi connectivity index (χ0v) is 37.9. The first kappa shape index (κ1) is 41.9. The van der Waals surface area contributed by atoms with Gasteiger partial charge in [0.05, 0.1) is 0 Å². The smallest absolute Gasteiger partial charge is 0.0462 e. The molecule has 324 valence electrons. The van der Waals surface area contributed by atoms with Crippen LogP contribution in [0, 0.1) is 0 Å². The maximum absolute atomic E-state index is 2.35. The van der Waals surface area contributed by atoms with Gasteiger partial charge in [0.25, 0.3) is 0 Å². The standard InChI is InChI=1S/C66H50N2/c1-5-13-49(14-6-1)55-25-37-61(38-26-55)67(62-39-27-56(28-40-62)50-15-7-2-8-16-50)65-45-33-59(34-46-65)53-21-23-54(24-22-53)60-35-47-66(48-36-60)68(63-41-29-57(30-42-63)51-17-9-3-10-18-51)64-43-31-58(32-44-64)52-19-11-4-12-20-52/h1-11,13-19,21-48H,12,20H2. The number of anilines is 6. The lowest BCUT2D eigenvalue weighted by Crippen LogP contribution is -2.10. The molecule has 0 saturated carbocycles. The largest absolute Gasteiger partial charge is 0.311 e. The van der Waals surface area contributed by atoms with Crippen LogP contribution in [0.25, 0.3) is 61.2 Å². The molecule has 0 saturated heterocycles. The number of hydrogen-bond donors (Lipinski definition) is 0. The molecule has 0 aliphatic heterocycles. The van der Waals surface area contributed by atoms with Crippen molar-refractivity contribution in [2.24, 2.45) is 0 Å². The van der Waals surface area contributed by atoms with Crippen LogP contribution in [0.3, 0.4) is 0 Å². The molecule has 1 aliphatic carbocycles. The lowest BCUT2D eigenvalue weighted by Gasteiger charge is -2.26. The van der Waals surface area contributed by atoms with Crippen LogP contribution in [-0.2, 0) is 0 Å². The van der Waals surface area contributed by atoms with Crippen LogP contribution < -0.4 is 9.80 Å². The van der Waals surface area contributed by atoms with Crippen molar-refractivity contribution in [3.8, 4) is 55.6 Å². The number of benzene rings is 10. The van der Waals surface area contributed by atoms with E-state index in [-0.39, 0.29) is 0 Å². The second-order valence-electron chi connectivity index (χ2n) is 17.3. The quantitative estimate of drug-likeness (QED) is 0.121. The maximum atomic E-state index is 2.35. The fourth-order valence-electron chi connectivity index (χ4n) is 9.32. The summed E-state index contributed by atoms with van der Waals surface area (Å²) in [4.78, 5) is 4.69. The van der Waals surface area contributed by atoms with Crippen LogP contribution in [0.5, 0.6) is 0 Å². The molecule has 0 bridgehead atoms. The summed E-state index contributed by atoms with van der Waals surface area (Å²) >= 11 is 0. The highest BCUT2D eigenvalue weighted by atomic mass is 15.1. The Morgan fingerprint density at radius 1 is 0.221 bits per heavy atom. The second kappa shape index (κ2) is 19.4. The molecule has 0 unspecified atom stereocenters. The van der Waals surface area contributed by atoms with Crippen LogP contribution in [-0.4, -0.2) is 0 Å². The molecule has 0 heterocycles. The van der Waals surface area contributed by atoms with Gasteiger partial charge < -0.3 is 9.80 Å². The van der Waals surface area contributed by atoms with Crippen LogP contribution in [0.15, 0.2) is 279 Å². The van der Waals surface area contributed by atoms with Gasteiger partial charge >= 0.3 is 0 Å². The van der Waals surface area contributed by atoms with Gasteiger partial charge in [-0.2, -0.15) is 0 Å². The molecule has 0 spiro atoms. The van der Waals surface area contributed by atoms with Crippen molar-refractivity contribution in [1.82, 2.24) is 0 Å². The van der Waals surface area contributed by atoms with Crippen molar-refractivity contribution >= 4 is 39.7 Å². The van der Waals surface area contributed by atoms with E-state index in [1.807, 2.05) is 0 Å². The minimum Gasteiger partial charge on any atom is -0.311 e. The highest BCUT2D eigenvalue weighted by Crippen LogP contribution is 2.40. The van der Waals surface area contributed by atoms with Gasteiger partial charge in [0.15, 0.2) is 0 Å². The summed E-state index contributed by atoms with van der Waals surface area (Å²) in [5.74, 6) is 0. The summed E-state index contributed by atoms with van der Waals surface area (Å²) in [5.41, 5.74) is 21.3. The second-order valence-corrected chi connectivity index (χ2v) is 17.3. The number of nitrogens with zero attached hydrogens (tertiary/aromatic N) is 2. The van der Waals surface area contributed by atoms with E-state index in [2.05, 4.69) is 289 Å². The molecular weight excluding hydrogens is 821 g/mol. The highest BCUT2D eigenvalue weighted by Gasteiger charge is 2.16. The van der Waals surface area contributed by atoms with Gasteiger partial charge in [-0.25, -0.2) is 0 Å². The first-order chi connectivity index (χ1) is 33.7. The van der Waals surface area contributed by atoms with Gasteiger partial charge in [-0.05, 0) is 152 Å². The molecule has 0 N–H and O–H groups in total. The normalized spacial score (nSPS) is 12.0. The number of allylic oxidation sites excluding steroid dienone is 4. The van der Waals surface area contributed by atoms with Gasteiger partial charge in [-0.3, -0.25) is 0 Å². The molecule has 2 heteroatoms.